The molecule has 230 valence electrons. The van der Waals surface area contributed by atoms with E-state index in [0.717, 1.165) is 0 Å². The first kappa shape index (κ1) is 37.5. The minimum atomic E-state index is -0.453. The smallest absolute Gasteiger partial charge is 0.0745 e. The van der Waals surface area contributed by atoms with Crippen molar-refractivity contribution >= 4 is 0 Å². The lowest BCUT2D eigenvalue weighted by Crippen LogP contribution is -2.16. The van der Waals surface area contributed by atoms with E-state index in [2.05, 4.69) is 0 Å². The van der Waals surface area contributed by atoms with E-state index in [4.69, 9.17) is 62.3 Å². The summed E-state index contributed by atoms with van der Waals surface area (Å²) < 4.78 is 58.9. The molecule has 0 aliphatic heterocycles. The maximum atomic E-state index is 9.04. The Bertz CT molecular complexity index is 419. The first-order valence-electron chi connectivity index (χ1n) is 13.4. The molecule has 0 aromatic rings. The molecule has 0 saturated heterocycles. The van der Waals surface area contributed by atoms with Crippen molar-refractivity contribution in [2.75, 3.05) is 152 Å². The summed E-state index contributed by atoms with van der Waals surface area (Å²) in [6, 6.07) is 0. The van der Waals surface area contributed by atoms with Crippen molar-refractivity contribution in [3.05, 3.63) is 0 Å². The van der Waals surface area contributed by atoms with Crippen LogP contribution in [0.25, 0.3) is 0 Å². The number of hydrogen-bond donors (Lipinski definition) is 2. The van der Waals surface area contributed by atoms with E-state index in [9.17, 15) is 0 Å². The number of aliphatic hydroxyl groups excluding tert-OH is 2. The molecule has 0 radical (unpaired) electrons. The Kier molecular flexibility index (Phi) is 34.0. The molecule has 0 amide bonds. The number of rotatable bonds is 34. The number of ether oxygens (including phenoxy) is 11. The third-order valence-corrected chi connectivity index (χ3v) is 4.31. The monoisotopic (exact) mass is 560 g/mol. The van der Waals surface area contributed by atoms with Crippen LogP contribution < -0.4 is 0 Å². The molecule has 0 aliphatic carbocycles. The average Bonchev–Trinajstić information content (AvgIpc) is 2.91. The summed E-state index contributed by atoms with van der Waals surface area (Å²) in [7, 11) is 0. The lowest BCUT2D eigenvalue weighted by molar-refractivity contribution is -0.0291. The summed E-state index contributed by atoms with van der Waals surface area (Å²) in [5.74, 6) is 0. The predicted molar refractivity (Wildman–Crippen MR) is 138 cm³/mol. The quantitative estimate of drug-likeness (QED) is 0.0982. The Hall–Kier alpha value is -0.520. The minimum absolute atomic E-state index is 0.0250. The zero-order valence-electron chi connectivity index (χ0n) is 23.2. The van der Waals surface area contributed by atoms with E-state index in [1.54, 1.807) is 6.92 Å². The van der Waals surface area contributed by atoms with Crippen LogP contribution in [0.2, 0.25) is 0 Å². The van der Waals surface area contributed by atoms with Crippen LogP contribution in [0, 0.1) is 0 Å². The molecule has 2 N–H and O–H groups in total. The molecule has 0 aliphatic rings. The zero-order valence-corrected chi connectivity index (χ0v) is 23.2. The van der Waals surface area contributed by atoms with E-state index in [-0.39, 0.29) is 6.61 Å². The van der Waals surface area contributed by atoms with Gasteiger partial charge in [-0.2, -0.15) is 0 Å². The fourth-order valence-electron chi connectivity index (χ4n) is 2.52. The van der Waals surface area contributed by atoms with E-state index < -0.39 is 6.10 Å². The van der Waals surface area contributed by atoms with Crippen LogP contribution >= 0.6 is 0 Å². The van der Waals surface area contributed by atoms with Crippen molar-refractivity contribution in [3.63, 3.8) is 0 Å². The summed E-state index contributed by atoms with van der Waals surface area (Å²) in [6.45, 7) is 12.3. The van der Waals surface area contributed by atoms with E-state index >= 15 is 0 Å². The number of aliphatic hydroxyl groups is 2. The Morgan fingerprint density at radius 3 is 0.711 bits per heavy atom. The summed E-state index contributed by atoms with van der Waals surface area (Å²) in [6.07, 6.45) is -0.453. The van der Waals surface area contributed by atoms with Crippen LogP contribution in [0.3, 0.4) is 0 Å². The van der Waals surface area contributed by atoms with Crippen molar-refractivity contribution in [2.45, 2.75) is 13.0 Å². The van der Waals surface area contributed by atoms with Crippen LogP contribution in [-0.4, -0.2) is 168 Å². The van der Waals surface area contributed by atoms with Gasteiger partial charge in [-0.1, -0.05) is 0 Å². The van der Waals surface area contributed by atoms with Crippen LogP contribution in [-0.2, 0) is 52.1 Å². The normalized spacial score (nSPS) is 12.4. The van der Waals surface area contributed by atoms with Gasteiger partial charge < -0.3 is 62.3 Å². The Morgan fingerprint density at radius 1 is 0.342 bits per heavy atom. The Morgan fingerprint density at radius 2 is 0.526 bits per heavy atom. The standard InChI is InChI=1S/C25H52O13/c1-25(27)24-38-23-22-37-21-20-36-19-18-35-17-16-34-15-14-33-13-12-32-11-10-31-9-8-30-7-6-29-5-4-28-3-2-26/h25-27H,2-24H2,1H3. The molecule has 0 spiro atoms. The molecule has 38 heavy (non-hydrogen) atoms. The second-order valence-electron chi connectivity index (χ2n) is 7.77. The Labute approximate surface area is 227 Å². The fourth-order valence-corrected chi connectivity index (χ4v) is 2.52. The topological polar surface area (TPSA) is 142 Å². The SMILES string of the molecule is CC(O)COCCOCCOCCOCCOCCOCCOCCOCCOCCOCCOCCO. The molecular weight excluding hydrogens is 508 g/mol. The first-order valence-corrected chi connectivity index (χ1v) is 13.4. The second-order valence-corrected chi connectivity index (χ2v) is 7.77. The largest absolute Gasteiger partial charge is 0.394 e. The van der Waals surface area contributed by atoms with Gasteiger partial charge >= 0.3 is 0 Å². The van der Waals surface area contributed by atoms with Crippen molar-refractivity contribution < 1.29 is 62.3 Å². The van der Waals surface area contributed by atoms with Gasteiger partial charge in [0.1, 0.15) is 0 Å². The van der Waals surface area contributed by atoms with Gasteiger partial charge in [-0.15, -0.1) is 0 Å². The molecule has 0 heterocycles. The van der Waals surface area contributed by atoms with Crippen molar-refractivity contribution in [2.24, 2.45) is 0 Å². The van der Waals surface area contributed by atoms with Gasteiger partial charge in [0.25, 0.3) is 0 Å². The fraction of sp³-hybridized carbons (Fsp3) is 1.00. The van der Waals surface area contributed by atoms with Gasteiger partial charge in [-0.25, -0.2) is 0 Å². The highest BCUT2D eigenvalue weighted by molar-refractivity contribution is 4.42. The molecule has 0 bridgehead atoms. The van der Waals surface area contributed by atoms with Gasteiger partial charge in [-0.05, 0) is 6.92 Å². The summed E-state index contributed by atoms with van der Waals surface area (Å²) in [5, 5.41) is 17.6. The van der Waals surface area contributed by atoms with Gasteiger partial charge in [0, 0.05) is 0 Å². The number of hydrogen-bond acceptors (Lipinski definition) is 13. The van der Waals surface area contributed by atoms with Crippen LogP contribution in [0.5, 0.6) is 0 Å². The van der Waals surface area contributed by atoms with Gasteiger partial charge in [-0.3, -0.25) is 0 Å². The van der Waals surface area contributed by atoms with E-state index in [0.29, 0.717) is 145 Å². The first-order chi connectivity index (χ1) is 18.8. The van der Waals surface area contributed by atoms with E-state index in [1.165, 1.54) is 0 Å². The van der Waals surface area contributed by atoms with Gasteiger partial charge in [0.05, 0.1) is 158 Å². The summed E-state index contributed by atoms with van der Waals surface area (Å²) in [4.78, 5) is 0. The molecule has 0 aromatic carbocycles. The van der Waals surface area contributed by atoms with Gasteiger partial charge in [0.15, 0.2) is 0 Å². The highest BCUT2D eigenvalue weighted by atomic mass is 16.6. The van der Waals surface area contributed by atoms with Gasteiger partial charge in [0.2, 0.25) is 0 Å². The molecular formula is C25H52O13. The maximum absolute atomic E-state index is 9.04. The highest BCUT2D eigenvalue weighted by Crippen LogP contribution is 1.87. The third kappa shape index (κ3) is 35.5. The average molecular weight is 561 g/mol. The van der Waals surface area contributed by atoms with Crippen molar-refractivity contribution in [3.8, 4) is 0 Å². The molecule has 0 saturated carbocycles. The third-order valence-electron chi connectivity index (χ3n) is 4.31. The molecule has 1 unspecified atom stereocenters. The Balaban J connectivity index is 3.02. The summed E-state index contributed by atoms with van der Waals surface area (Å²) >= 11 is 0. The zero-order chi connectivity index (χ0) is 27.6. The predicted octanol–water partition coefficient (Wildman–Crippen LogP) is -0.458. The molecule has 0 fully saturated rings. The van der Waals surface area contributed by atoms with Crippen LogP contribution in [0.4, 0.5) is 0 Å². The molecule has 0 rings (SSSR count). The van der Waals surface area contributed by atoms with E-state index in [1.807, 2.05) is 0 Å². The minimum Gasteiger partial charge on any atom is -0.394 e. The summed E-state index contributed by atoms with van der Waals surface area (Å²) in [5.41, 5.74) is 0. The highest BCUT2D eigenvalue weighted by Gasteiger charge is 1.97. The van der Waals surface area contributed by atoms with Crippen molar-refractivity contribution in [1.82, 2.24) is 0 Å². The lowest BCUT2D eigenvalue weighted by Gasteiger charge is -2.09. The maximum Gasteiger partial charge on any atom is 0.0745 e. The van der Waals surface area contributed by atoms with Crippen LogP contribution in [0.15, 0.2) is 0 Å². The molecule has 0 aromatic heterocycles. The second kappa shape index (κ2) is 34.5. The molecule has 13 nitrogen and oxygen atoms in total. The lowest BCUT2D eigenvalue weighted by atomic mass is 10.4. The molecule has 13 heteroatoms. The van der Waals surface area contributed by atoms with Crippen LogP contribution in [0.1, 0.15) is 6.92 Å². The molecule has 1 atom stereocenters. The van der Waals surface area contributed by atoms with Crippen molar-refractivity contribution in [1.29, 1.82) is 0 Å².